The van der Waals surface area contributed by atoms with Gasteiger partial charge in [0, 0.05) is 11.6 Å². The van der Waals surface area contributed by atoms with Crippen LogP contribution in [0.4, 0.5) is 5.82 Å². The first-order valence-corrected chi connectivity index (χ1v) is 8.40. The fourth-order valence-electron chi connectivity index (χ4n) is 1.70. The molecule has 7 heteroatoms. The molecule has 0 aliphatic rings. The van der Waals surface area contributed by atoms with E-state index >= 15 is 0 Å². The lowest BCUT2D eigenvalue weighted by Gasteiger charge is -2.02. The third kappa shape index (κ3) is 6.58. The van der Waals surface area contributed by atoms with Gasteiger partial charge in [-0.05, 0) is 19.1 Å². The van der Waals surface area contributed by atoms with Crippen LogP contribution in [0, 0.1) is 18.8 Å². The predicted molar refractivity (Wildman–Crippen MR) is 93.5 cm³/mol. The second-order valence-electron chi connectivity index (χ2n) is 4.81. The highest BCUT2D eigenvalue weighted by Crippen LogP contribution is 2.08. The van der Waals surface area contributed by atoms with E-state index in [4.69, 9.17) is 4.52 Å². The third-order valence-electron chi connectivity index (χ3n) is 2.74. The highest BCUT2D eigenvalue weighted by molar-refractivity contribution is 8.00. The summed E-state index contributed by atoms with van der Waals surface area (Å²) in [6, 6.07) is 11.2. The molecule has 2 aromatic rings. The zero-order chi connectivity index (χ0) is 17.2. The van der Waals surface area contributed by atoms with Gasteiger partial charge in [-0.25, -0.2) is 0 Å². The molecule has 2 rings (SSSR count). The maximum Gasteiger partial charge on any atom is 0.235 e. The molecule has 0 unspecified atom stereocenters. The molecular formula is C17H17N3O3S. The smallest absolute Gasteiger partial charge is 0.235 e. The van der Waals surface area contributed by atoms with Gasteiger partial charge in [0.05, 0.1) is 18.1 Å². The SMILES string of the molecule is Cc1cc(NC(=O)CSCC(=O)NCC#Cc2ccccc2)no1. The van der Waals surface area contributed by atoms with E-state index in [0.29, 0.717) is 11.6 Å². The molecule has 0 radical (unpaired) electrons. The van der Waals surface area contributed by atoms with Gasteiger partial charge in [0.1, 0.15) is 5.76 Å². The Morgan fingerprint density at radius 1 is 1.21 bits per heavy atom. The van der Waals surface area contributed by atoms with Crippen molar-refractivity contribution >= 4 is 29.4 Å². The molecule has 1 heterocycles. The average molecular weight is 343 g/mol. The van der Waals surface area contributed by atoms with Gasteiger partial charge in [-0.1, -0.05) is 35.2 Å². The number of benzene rings is 1. The van der Waals surface area contributed by atoms with Crippen molar-refractivity contribution in [1.29, 1.82) is 0 Å². The van der Waals surface area contributed by atoms with Crippen molar-refractivity contribution in [3.05, 3.63) is 47.7 Å². The lowest BCUT2D eigenvalue weighted by atomic mass is 10.2. The molecule has 0 spiro atoms. The number of nitrogens with one attached hydrogen (secondary N) is 2. The number of anilines is 1. The first-order chi connectivity index (χ1) is 11.6. The standard InChI is InChI=1S/C17H17N3O3S/c1-13-10-15(20-23-13)19-17(22)12-24-11-16(21)18-9-5-8-14-6-3-2-4-7-14/h2-4,6-7,10H,9,11-12H2,1H3,(H,18,21)(H,19,20,22). The topological polar surface area (TPSA) is 84.2 Å². The Morgan fingerprint density at radius 3 is 2.67 bits per heavy atom. The third-order valence-corrected chi connectivity index (χ3v) is 3.67. The normalized spacial score (nSPS) is 9.71. The van der Waals surface area contributed by atoms with E-state index < -0.39 is 0 Å². The summed E-state index contributed by atoms with van der Waals surface area (Å²) in [5.74, 6) is 6.79. The molecule has 24 heavy (non-hydrogen) atoms. The van der Waals surface area contributed by atoms with Gasteiger partial charge in [0.15, 0.2) is 5.82 Å². The van der Waals surface area contributed by atoms with Crippen molar-refractivity contribution in [2.45, 2.75) is 6.92 Å². The first-order valence-electron chi connectivity index (χ1n) is 7.25. The molecule has 0 saturated carbocycles. The number of carbonyl (C=O) groups excluding carboxylic acids is 2. The summed E-state index contributed by atoms with van der Waals surface area (Å²) in [5, 5.41) is 8.94. The van der Waals surface area contributed by atoms with Crippen LogP contribution in [-0.4, -0.2) is 35.0 Å². The summed E-state index contributed by atoms with van der Waals surface area (Å²) in [4.78, 5) is 23.3. The van der Waals surface area contributed by atoms with Gasteiger partial charge >= 0.3 is 0 Å². The molecule has 124 valence electrons. The van der Waals surface area contributed by atoms with E-state index in [1.165, 1.54) is 11.8 Å². The molecule has 0 aliphatic heterocycles. The summed E-state index contributed by atoms with van der Waals surface area (Å²) >= 11 is 1.22. The van der Waals surface area contributed by atoms with Crippen LogP contribution >= 0.6 is 11.8 Å². The van der Waals surface area contributed by atoms with Gasteiger partial charge in [0.25, 0.3) is 0 Å². The molecule has 1 aromatic heterocycles. The monoisotopic (exact) mass is 343 g/mol. The number of aromatic nitrogens is 1. The fraction of sp³-hybridized carbons (Fsp3) is 0.235. The summed E-state index contributed by atoms with van der Waals surface area (Å²) in [6.45, 7) is 2.02. The Hall–Kier alpha value is -2.72. The largest absolute Gasteiger partial charge is 0.360 e. The quantitative estimate of drug-likeness (QED) is 0.782. The zero-order valence-electron chi connectivity index (χ0n) is 13.2. The van der Waals surface area contributed by atoms with Gasteiger partial charge in [-0.3, -0.25) is 9.59 Å². The zero-order valence-corrected chi connectivity index (χ0v) is 14.0. The summed E-state index contributed by atoms with van der Waals surface area (Å²) in [5.41, 5.74) is 0.904. The molecule has 0 bridgehead atoms. The van der Waals surface area contributed by atoms with Crippen LogP contribution in [0.5, 0.6) is 0 Å². The lowest BCUT2D eigenvalue weighted by Crippen LogP contribution is -2.26. The summed E-state index contributed by atoms with van der Waals surface area (Å²) in [6.07, 6.45) is 0. The predicted octanol–water partition coefficient (Wildman–Crippen LogP) is 1.82. The van der Waals surface area contributed by atoms with E-state index in [9.17, 15) is 9.59 Å². The highest BCUT2D eigenvalue weighted by Gasteiger charge is 2.07. The van der Waals surface area contributed by atoms with Crippen molar-refractivity contribution in [2.75, 3.05) is 23.4 Å². The number of thioether (sulfide) groups is 1. The summed E-state index contributed by atoms with van der Waals surface area (Å²) < 4.78 is 4.85. The maximum absolute atomic E-state index is 11.7. The van der Waals surface area contributed by atoms with Crippen LogP contribution in [-0.2, 0) is 9.59 Å². The van der Waals surface area contributed by atoms with Crippen LogP contribution in [0.1, 0.15) is 11.3 Å². The van der Waals surface area contributed by atoms with Crippen molar-refractivity contribution in [1.82, 2.24) is 10.5 Å². The minimum Gasteiger partial charge on any atom is -0.360 e. The number of aryl methyl sites for hydroxylation is 1. The number of amides is 2. The minimum absolute atomic E-state index is 0.160. The molecule has 0 saturated heterocycles. The maximum atomic E-state index is 11.7. The van der Waals surface area contributed by atoms with E-state index in [-0.39, 0.29) is 29.9 Å². The number of hydrogen-bond donors (Lipinski definition) is 2. The van der Waals surface area contributed by atoms with Gasteiger partial charge in [0.2, 0.25) is 11.8 Å². The van der Waals surface area contributed by atoms with Gasteiger partial charge in [-0.2, -0.15) is 0 Å². The van der Waals surface area contributed by atoms with E-state index in [0.717, 1.165) is 5.56 Å². The number of nitrogens with zero attached hydrogens (tertiary/aromatic N) is 1. The van der Waals surface area contributed by atoms with Crippen molar-refractivity contribution in [2.24, 2.45) is 0 Å². The van der Waals surface area contributed by atoms with Gasteiger partial charge < -0.3 is 15.2 Å². The minimum atomic E-state index is -0.232. The van der Waals surface area contributed by atoms with E-state index in [1.807, 2.05) is 30.3 Å². The van der Waals surface area contributed by atoms with Crippen LogP contribution in [0.25, 0.3) is 0 Å². The lowest BCUT2D eigenvalue weighted by molar-refractivity contribution is -0.118. The Kier molecular flexibility index (Phi) is 6.92. The van der Waals surface area contributed by atoms with E-state index in [2.05, 4.69) is 27.6 Å². The van der Waals surface area contributed by atoms with Crippen LogP contribution in [0.2, 0.25) is 0 Å². The van der Waals surface area contributed by atoms with Crippen LogP contribution in [0.15, 0.2) is 40.9 Å². The average Bonchev–Trinajstić information content (AvgIpc) is 2.97. The molecule has 0 atom stereocenters. The molecular weight excluding hydrogens is 326 g/mol. The second kappa shape index (κ2) is 9.43. The van der Waals surface area contributed by atoms with Crippen molar-refractivity contribution in [3.8, 4) is 11.8 Å². The Bertz CT molecular complexity index is 747. The first kappa shape index (κ1) is 17.6. The Labute approximate surface area is 144 Å². The highest BCUT2D eigenvalue weighted by atomic mass is 32.2. The number of rotatable bonds is 6. The van der Waals surface area contributed by atoms with Crippen LogP contribution in [0.3, 0.4) is 0 Å². The van der Waals surface area contributed by atoms with Crippen molar-refractivity contribution < 1.29 is 14.1 Å². The number of hydrogen-bond acceptors (Lipinski definition) is 5. The molecule has 6 nitrogen and oxygen atoms in total. The molecule has 1 aromatic carbocycles. The Balaban J connectivity index is 1.59. The fourth-order valence-corrected chi connectivity index (χ4v) is 2.35. The van der Waals surface area contributed by atoms with Gasteiger partial charge in [-0.15, -0.1) is 11.8 Å². The second-order valence-corrected chi connectivity index (χ2v) is 5.79. The van der Waals surface area contributed by atoms with E-state index in [1.54, 1.807) is 13.0 Å². The Morgan fingerprint density at radius 2 is 1.96 bits per heavy atom. The molecule has 0 fully saturated rings. The summed E-state index contributed by atoms with van der Waals surface area (Å²) in [7, 11) is 0. The molecule has 2 amide bonds. The number of carbonyl (C=O) groups is 2. The van der Waals surface area contributed by atoms with Crippen LogP contribution < -0.4 is 10.6 Å². The molecule has 2 N–H and O–H groups in total. The van der Waals surface area contributed by atoms with Crippen molar-refractivity contribution in [3.63, 3.8) is 0 Å². The molecule has 0 aliphatic carbocycles.